The van der Waals surface area contributed by atoms with Gasteiger partial charge in [-0.05, 0) is 51.4 Å². The van der Waals surface area contributed by atoms with Crippen LogP contribution in [0.15, 0.2) is 12.1 Å². The zero-order valence-electron chi connectivity index (χ0n) is 15.1. The van der Waals surface area contributed by atoms with Gasteiger partial charge in [0.2, 0.25) is 0 Å². The van der Waals surface area contributed by atoms with Gasteiger partial charge in [0.05, 0.1) is 19.2 Å². The maximum Gasteiger partial charge on any atom is 0.163 e. The van der Waals surface area contributed by atoms with E-state index in [-0.39, 0.29) is 0 Å². The van der Waals surface area contributed by atoms with Gasteiger partial charge in [0.1, 0.15) is 0 Å². The molecule has 0 saturated carbocycles. The Morgan fingerprint density at radius 2 is 2.04 bits per heavy atom. The van der Waals surface area contributed by atoms with E-state index in [4.69, 9.17) is 14.5 Å². The molecule has 130 valence electrons. The van der Waals surface area contributed by atoms with E-state index in [0.717, 1.165) is 48.2 Å². The summed E-state index contributed by atoms with van der Waals surface area (Å²) in [6.07, 6.45) is 4.32. The maximum absolute atomic E-state index is 5.97. The zero-order valence-corrected chi connectivity index (χ0v) is 15.1. The van der Waals surface area contributed by atoms with Gasteiger partial charge >= 0.3 is 0 Å². The molecule has 1 aliphatic rings. The van der Waals surface area contributed by atoms with Gasteiger partial charge in [-0.2, -0.15) is 0 Å². The number of fused-ring (bicyclic) bond motifs is 2. The standard InChI is InChI=1S/C19H27N3O2/c1-20-19-13-7-5-8-15(13)21-16-12-18(17(23-4)11-14(16)19)24-10-6-9-22(2)3/h11-12H,5-10H2,1-4H3,(H,20,21). The van der Waals surface area contributed by atoms with Gasteiger partial charge in [0.25, 0.3) is 0 Å². The SMILES string of the molecule is CNc1c2c(nc3cc(OCCCN(C)C)c(OC)cc13)CCC2. The van der Waals surface area contributed by atoms with Gasteiger partial charge in [-0.3, -0.25) is 4.98 Å². The molecule has 0 unspecified atom stereocenters. The lowest BCUT2D eigenvalue weighted by Crippen LogP contribution is -2.15. The van der Waals surface area contributed by atoms with Crippen LogP contribution in [0.1, 0.15) is 24.1 Å². The minimum absolute atomic E-state index is 0.671. The Morgan fingerprint density at radius 3 is 2.75 bits per heavy atom. The molecule has 1 aromatic carbocycles. The van der Waals surface area contributed by atoms with Gasteiger partial charge < -0.3 is 19.7 Å². The number of pyridine rings is 1. The molecule has 0 amide bonds. The molecule has 0 bridgehead atoms. The van der Waals surface area contributed by atoms with Crippen LogP contribution in [0.3, 0.4) is 0 Å². The first-order chi connectivity index (χ1) is 11.6. The topological polar surface area (TPSA) is 46.6 Å². The summed E-state index contributed by atoms with van der Waals surface area (Å²) < 4.78 is 11.5. The number of rotatable bonds is 7. The van der Waals surface area contributed by atoms with Crippen molar-refractivity contribution >= 4 is 16.6 Å². The van der Waals surface area contributed by atoms with Crippen molar-refractivity contribution in [1.29, 1.82) is 0 Å². The van der Waals surface area contributed by atoms with Gasteiger partial charge in [-0.25, -0.2) is 0 Å². The second kappa shape index (κ2) is 7.26. The molecule has 0 saturated heterocycles. The number of hydrogen-bond acceptors (Lipinski definition) is 5. The molecule has 0 radical (unpaired) electrons. The number of methoxy groups -OCH3 is 1. The van der Waals surface area contributed by atoms with Crippen LogP contribution in [0.5, 0.6) is 11.5 Å². The van der Waals surface area contributed by atoms with Gasteiger partial charge in [0, 0.05) is 36.4 Å². The average molecular weight is 329 g/mol. The predicted molar refractivity (Wildman–Crippen MR) is 98.5 cm³/mol. The van der Waals surface area contributed by atoms with Crippen LogP contribution in [0, 0.1) is 0 Å². The normalized spacial score (nSPS) is 13.4. The summed E-state index contributed by atoms with van der Waals surface area (Å²) in [5, 5.41) is 4.47. The van der Waals surface area contributed by atoms with Crippen LogP contribution in [0.2, 0.25) is 0 Å². The van der Waals surface area contributed by atoms with Crippen molar-refractivity contribution in [3.63, 3.8) is 0 Å². The smallest absolute Gasteiger partial charge is 0.163 e. The highest BCUT2D eigenvalue weighted by atomic mass is 16.5. The van der Waals surface area contributed by atoms with Crippen molar-refractivity contribution in [1.82, 2.24) is 9.88 Å². The molecule has 5 nitrogen and oxygen atoms in total. The molecule has 2 aromatic rings. The first-order valence-corrected chi connectivity index (χ1v) is 8.62. The second-order valence-corrected chi connectivity index (χ2v) is 6.54. The molecule has 0 spiro atoms. The van der Waals surface area contributed by atoms with Gasteiger partial charge in [0.15, 0.2) is 11.5 Å². The minimum atomic E-state index is 0.671. The summed E-state index contributed by atoms with van der Waals surface area (Å²) >= 11 is 0. The molecule has 0 aliphatic heterocycles. The minimum Gasteiger partial charge on any atom is -0.493 e. The largest absolute Gasteiger partial charge is 0.493 e. The van der Waals surface area contributed by atoms with E-state index in [9.17, 15) is 0 Å². The van der Waals surface area contributed by atoms with E-state index in [1.54, 1.807) is 7.11 Å². The summed E-state index contributed by atoms with van der Waals surface area (Å²) in [6, 6.07) is 4.07. The number of nitrogens with one attached hydrogen (secondary N) is 1. The van der Waals surface area contributed by atoms with E-state index < -0.39 is 0 Å². The molecule has 5 heteroatoms. The number of aryl methyl sites for hydroxylation is 1. The molecule has 1 aliphatic carbocycles. The molecule has 24 heavy (non-hydrogen) atoms. The summed E-state index contributed by atoms with van der Waals surface area (Å²) in [5.41, 5.74) is 4.73. The summed E-state index contributed by atoms with van der Waals surface area (Å²) in [4.78, 5) is 7.03. The lowest BCUT2D eigenvalue weighted by atomic mass is 10.1. The fourth-order valence-electron chi connectivity index (χ4n) is 3.39. The maximum atomic E-state index is 5.97. The first-order valence-electron chi connectivity index (χ1n) is 8.62. The third kappa shape index (κ3) is 3.26. The average Bonchev–Trinajstić information content (AvgIpc) is 3.03. The zero-order chi connectivity index (χ0) is 17.1. The number of hydrogen-bond donors (Lipinski definition) is 1. The highest BCUT2D eigenvalue weighted by Crippen LogP contribution is 2.39. The van der Waals surface area contributed by atoms with Crippen LogP contribution in [-0.2, 0) is 12.8 Å². The fraction of sp³-hybridized carbons (Fsp3) is 0.526. The highest BCUT2D eigenvalue weighted by molar-refractivity contribution is 5.95. The van der Waals surface area contributed by atoms with Crippen LogP contribution < -0.4 is 14.8 Å². The first kappa shape index (κ1) is 16.8. The Balaban J connectivity index is 1.94. The Kier molecular flexibility index (Phi) is 5.09. The van der Waals surface area contributed by atoms with Crippen molar-refractivity contribution in [3.8, 4) is 11.5 Å². The number of ether oxygens (including phenoxy) is 2. The Hall–Kier alpha value is -2.01. The lowest BCUT2D eigenvalue weighted by molar-refractivity contribution is 0.268. The van der Waals surface area contributed by atoms with Crippen LogP contribution >= 0.6 is 0 Å². The fourth-order valence-corrected chi connectivity index (χ4v) is 3.39. The second-order valence-electron chi connectivity index (χ2n) is 6.54. The quantitative estimate of drug-likeness (QED) is 0.791. The molecule has 3 rings (SSSR count). The van der Waals surface area contributed by atoms with E-state index in [0.29, 0.717) is 6.61 Å². The van der Waals surface area contributed by atoms with Crippen molar-refractivity contribution in [3.05, 3.63) is 23.4 Å². The van der Waals surface area contributed by atoms with E-state index >= 15 is 0 Å². The van der Waals surface area contributed by atoms with Crippen LogP contribution in [-0.4, -0.2) is 51.3 Å². The molecule has 1 N–H and O–H groups in total. The molecular weight excluding hydrogens is 302 g/mol. The highest BCUT2D eigenvalue weighted by Gasteiger charge is 2.20. The van der Waals surface area contributed by atoms with E-state index in [1.165, 1.54) is 23.4 Å². The van der Waals surface area contributed by atoms with Crippen molar-refractivity contribution < 1.29 is 9.47 Å². The van der Waals surface area contributed by atoms with Crippen molar-refractivity contribution in [2.75, 3.05) is 46.7 Å². The Morgan fingerprint density at radius 1 is 1.21 bits per heavy atom. The monoisotopic (exact) mass is 329 g/mol. The molecular formula is C19H27N3O2. The number of aromatic nitrogens is 1. The van der Waals surface area contributed by atoms with Crippen LogP contribution in [0.4, 0.5) is 5.69 Å². The lowest BCUT2D eigenvalue weighted by Gasteiger charge is -2.16. The van der Waals surface area contributed by atoms with E-state index in [1.807, 2.05) is 19.2 Å². The van der Waals surface area contributed by atoms with Crippen LogP contribution in [0.25, 0.3) is 10.9 Å². The van der Waals surface area contributed by atoms with Gasteiger partial charge in [-0.1, -0.05) is 0 Å². The Labute approximate surface area is 144 Å². The molecule has 0 fully saturated rings. The summed E-state index contributed by atoms with van der Waals surface area (Å²) in [7, 11) is 7.81. The molecule has 0 atom stereocenters. The van der Waals surface area contributed by atoms with Crippen molar-refractivity contribution in [2.24, 2.45) is 0 Å². The molecule has 1 heterocycles. The van der Waals surface area contributed by atoms with Gasteiger partial charge in [-0.15, -0.1) is 0 Å². The third-order valence-electron chi connectivity index (χ3n) is 4.55. The number of benzene rings is 1. The number of anilines is 1. The Bertz CT molecular complexity index is 728. The molecule has 1 aromatic heterocycles. The predicted octanol–water partition coefficient (Wildman–Crippen LogP) is 3.10. The third-order valence-corrected chi connectivity index (χ3v) is 4.55. The number of nitrogens with zero attached hydrogens (tertiary/aromatic N) is 2. The van der Waals surface area contributed by atoms with Crippen molar-refractivity contribution in [2.45, 2.75) is 25.7 Å². The summed E-state index contributed by atoms with van der Waals surface area (Å²) in [5.74, 6) is 1.54. The summed E-state index contributed by atoms with van der Waals surface area (Å²) in [6.45, 7) is 1.68. The van der Waals surface area contributed by atoms with E-state index in [2.05, 4.69) is 24.3 Å².